The number of nitrogens with one attached hydrogen (secondary N) is 1. The summed E-state index contributed by atoms with van der Waals surface area (Å²) in [6.45, 7) is 1.22. The van der Waals surface area contributed by atoms with Crippen molar-refractivity contribution in [2.75, 3.05) is 11.9 Å². The Morgan fingerprint density at radius 1 is 1.04 bits per heavy atom. The molecule has 0 aromatic heterocycles. The molecule has 1 N–H and O–H groups in total. The number of amides is 1. The molecule has 142 valence electrons. The van der Waals surface area contributed by atoms with Gasteiger partial charge in [-0.05, 0) is 34.9 Å². The molecular weight excluding hydrogens is 360 g/mol. The molecule has 1 amide bonds. The predicted octanol–water partition coefficient (Wildman–Crippen LogP) is 3.78. The van der Waals surface area contributed by atoms with Gasteiger partial charge in [-0.2, -0.15) is 0 Å². The molecule has 0 saturated heterocycles. The average molecular weight is 378 g/mol. The number of nitrogens with zero attached hydrogens (tertiary/aromatic N) is 1. The van der Waals surface area contributed by atoms with Crippen molar-refractivity contribution in [3.05, 3.63) is 81.9 Å². The van der Waals surface area contributed by atoms with E-state index in [1.54, 1.807) is 6.92 Å². The quantitative estimate of drug-likeness (QED) is 0.400. The van der Waals surface area contributed by atoms with Gasteiger partial charge in [-0.15, -0.1) is 0 Å². The second kappa shape index (κ2) is 8.30. The molecule has 3 aromatic rings. The standard InChI is InChI=1S/C21H18N2O5/c1-14-10-18(23(26)27)8-9-19(14)22-20(24)13-28-21(25)12-15-6-7-16-4-2-3-5-17(16)11-15/h2-11H,12-13H2,1H3,(H,22,24). The lowest BCUT2D eigenvalue weighted by Crippen LogP contribution is -2.22. The van der Waals surface area contributed by atoms with E-state index in [9.17, 15) is 19.7 Å². The monoisotopic (exact) mass is 378 g/mol. The van der Waals surface area contributed by atoms with E-state index in [0.717, 1.165) is 16.3 Å². The number of esters is 1. The number of hydrogen-bond acceptors (Lipinski definition) is 5. The Labute approximate surface area is 161 Å². The van der Waals surface area contributed by atoms with E-state index < -0.39 is 23.4 Å². The molecule has 0 heterocycles. The third-order valence-electron chi connectivity index (χ3n) is 4.22. The third-order valence-corrected chi connectivity index (χ3v) is 4.22. The summed E-state index contributed by atoms with van der Waals surface area (Å²) in [5, 5.41) is 15.4. The molecule has 0 aliphatic rings. The fourth-order valence-corrected chi connectivity index (χ4v) is 2.80. The van der Waals surface area contributed by atoms with Crippen molar-refractivity contribution in [1.82, 2.24) is 0 Å². The summed E-state index contributed by atoms with van der Waals surface area (Å²) in [5.74, 6) is -1.02. The van der Waals surface area contributed by atoms with Crippen molar-refractivity contribution < 1.29 is 19.2 Å². The Morgan fingerprint density at radius 3 is 2.50 bits per heavy atom. The zero-order valence-electron chi connectivity index (χ0n) is 15.2. The van der Waals surface area contributed by atoms with Crippen LogP contribution in [0.5, 0.6) is 0 Å². The number of hydrogen-bond donors (Lipinski definition) is 1. The first-order valence-electron chi connectivity index (χ1n) is 8.60. The van der Waals surface area contributed by atoms with Crippen LogP contribution >= 0.6 is 0 Å². The van der Waals surface area contributed by atoms with Crippen molar-refractivity contribution in [2.45, 2.75) is 13.3 Å². The highest BCUT2D eigenvalue weighted by molar-refractivity contribution is 5.93. The second-order valence-corrected chi connectivity index (χ2v) is 6.32. The molecule has 7 nitrogen and oxygen atoms in total. The van der Waals surface area contributed by atoms with Crippen LogP contribution in [0, 0.1) is 17.0 Å². The van der Waals surface area contributed by atoms with Gasteiger partial charge in [0.1, 0.15) is 0 Å². The number of carbonyl (C=O) groups excluding carboxylic acids is 2. The topological polar surface area (TPSA) is 98.5 Å². The SMILES string of the molecule is Cc1cc([N+](=O)[O-])ccc1NC(=O)COC(=O)Cc1ccc2ccccc2c1. The fraction of sp³-hybridized carbons (Fsp3) is 0.143. The number of nitro groups is 1. The second-order valence-electron chi connectivity index (χ2n) is 6.32. The van der Waals surface area contributed by atoms with Gasteiger partial charge in [-0.1, -0.05) is 42.5 Å². The van der Waals surface area contributed by atoms with Gasteiger partial charge in [0.2, 0.25) is 0 Å². The maximum atomic E-state index is 12.0. The highest BCUT2D eigenvalue weighted by Crippen LogP contribution is 2.21. The fourth-order valence-electron chi connectivity index (χ4n) is 2.80. The van der Waals surface area contributed by atoms with Crippen LogP contribution in [-0.2, 0) is 20.7 Å². The molecule has 0 fully saturated rings. The van der Waals surface area contributed by atoms with Gasteiger partial charge in [-0.3, -0.25) is 19.7 Å². The van der Waals surface area contributed by atoms with Crippen LogP contribution in [0.15, 0.2) is 60.7 Å². The first kappa shape index (κ1) is 19.0. The van der Waals surface area contributed by atoms with Crippen LogP contribution < -0.4 is 5.32 Å². The lowest BCUT2D eigenvalue weighted by atomic mass is 10.1. The smallest absolute Gasteiger partial charge is 0.310 e. The molecule has 0 bridgehead atoms. The van der Waals surface area contributed by atoms with Crippen LogP contribution in [0.25, 0.3) is 10.8 Å². The molecule has 28 heavy (non-hydrogen) atoms. The van der Waals surface area contributed by atoms with E-state index in [4.69, 9.17) is 4.74 Å². The molecular formula is C21H18N2O5. The minimum Gasteiger partial charge on any atom is -0.455 e. The molecule has 0 spiro atoms. The third kappa shape index (κ3) is 4.70. The molecule has 0 aliphatic heterocycles. The molecule has 3 rings (SSSR count). The van der Waals surface area contributed by atoms with Gasteiger partial charge in [0.25, 0.3) is 11.6 Å². The van der Waals surface area contributed by atoms with E-state index in [0.29, 0.717) is 11.3 Å². The average Bonchev–Trinajstić information content (AvgIpc) is 2.67. The number of ether oxygens (including phenoxy) is 1. The number of carbonyl (C=O) groups is 2. The highest BCUT2D eigenvalue weighted by atomic mass is 16.6. The number of non-ortho nitro benzene ring substituents is 1. The van der Waals surface area contributed by atoms with E-state index in [-0.39, 0.29) is 12.1 Å². The van der Waals surface area contributed by atoms with E-state index >= 15 is 0 Å². The van der Waals surface area contributed by atoms with Crippen LogP contribution in [-0.4, -0.2) is 23.4 Å². The van der Waals surface area contributed by atoms with E-state index in [2.05, 4.69) is 5.32 Å². The molecule has 0 atom stereocenters. The van der Waals surface area contributed by atoms with Crippen LogP contribution in [0.2, 0.25) is 0 Å². The summed E-state index contributed by atoms with van der Waals surface area (Å²) < 4.78 is 5.03. The van der Waals surface area contributed by atoms with E-state index in [1.165, 1.54) is 18.2 Å². The number of benzene rings is 3. The maximum Gasteiger partial charge on any atom is 0.310 e. The Hall–Kier alpha value is -3.74. The minimum atomic E-state index is -0.510. The van der Waals surface area contributed by atoms with Gasteiger partial charge in [0.15, 0.2) is 6.61 Å². The summed E-state index contributed by atoms with van der Waals surface area (Å²) in [7, 11) is 0. The summed E-state index contributed by atoms with van der Waals surface area (Å²) >= 11 is 0. The summed E-state index contributed by atoms with van der Waals surface area (Å²) in [4.78, 5) is 34.2. The van der Waals surface area contributed by atoms with Gasteiger partial charge < -0.3 is 10.1 Å². The van der Waals surface area contributed by atoms with Crippen molar-refractivity contribution >= 4 is 34.0 Å². The number of anilines is 1. The van der Waals surface area contributed by atoms with Crippen LogP contribution in [0.1, 0.15) is 11.1 Å². The van der Waals surface area contributed by atoms with Crippen molar-refractivity contribution in [3.8, 4) is 0 Å². The molecule has 0 saturated carbocycles. The van der Waals surface area contributed by atoms with Gasteiger partial charge in [-0.25, -0.2) is 0 Å². The van der Waals surface area contributed by atoms with Gasteiger partial charge in [0.05, 0.1) is 11.3 Å². The predicted molar refractivity (Wildman–Crippen MR) is 105 cm³/mol. The first-order chi connectivity index (χ1) is 13.4. The zero-order chi connectivity index (χ0) is 20.1. The van der Waals surface area contributed by atoms with Gasteiger partial charge in [0, 0.05) is 17.8 Å². The van der Waals surface area contributed by atoms with Crippen molar-refractivity contribution in [3.63, 3.8) is 0 Å². The Bertz CT molecular complexity index is 1060. The Kier molecular flexibility index (Phi) is 5.64. The summed E-state index contributed by atoms with van der Waals surface area (Å²) in [6.07, 6.45) is 0.0642. The largest absolute Gasteiger partial charge is 0.455 e. The molecule has 3 aromatic carbocycles. The van der Waals surface area contributed by atoms with Crippen molar-refractivity contribution in [2.24, 2.45) is 0 Å². The summed E-state index contributed by atoms with van der Waals surface area (Å²) in [5.41, 5.74) is 1.72. The van der Waals surface area contributed by atoms with Crippen LogP contribution in [0.4, 0.5) is 11.4 Å². The normalized spacial score (nSPS) is 10.5. The molecule has 0 radical (unpaired) electrons. The minimum absolute atomic E-state index is 0.0580. The number of fused-ring (bicyclic) bond motifs is 1. The molecule has 7 heteroatoms. The van der Waals surface area contributed by atoms with E-state index in [1.807, 2.05) is 42.5 Å². The molecule has 0 unspecified atom stereocenters. The Morgan fingerprint density at radius 2 is 1.79 bits per heavy atom. The first-order valence-corrected chi connectivity index (χ1v) is 8.60. The molecule has 0 aliphatic carbocycles. The van der Waals surface area contributed by atoms with Crippen molar-refractivity contribution in [1.29, 1.82) is 0 Å². The summed E-state index contributed by atoms with van der Waals surface area (Å²) in [6, 6.07) is 17.6. The maximum absolute atomic E-state index is 12.0. The van der Waals surface area contributed by atoms with Gasteiger partial charge >= 0.3 is 5.97 Å². The number of aryl methyl sites for hydroxylation is 1. The number of rotatable bonds is 6. The lowest BCUT2D eigenvalue weighted by molar-refractivity contribution is -0.384. The number of nitro benzene ring substituents is 1. The zero-order valence-corrected chi connectivity index (χ0v) is 15.2. The van der Waals surface area contributed by atoms with Crippen LogP contribution in [0.3, 0.4) is 0 Å². The lowest BCUT2D eigenvalue weighted by Gasteiger charge is -2.09. The Balaban J connectivity index is 1.53. The highest BCUT2D eigenvalue weighted by Gasteiger charge is 2.12.